The van der Waals surface area contributed by atoms with Gasteiger partial charge in [0.1, 0.15) is 13.8 Å². The molecule has 2 rings (SSSR count). The molecule has 112 valence electrons. The molecule has 0 atom stereocenters. The molecule has 0 spiro atoms. The van der Waals surface area contributed by atoms with Gasteiger partial charge in [-0.15, -0.1) is 0 Å². The van der Waals surface area contributed by atoms with E-state index < -0.39 is 8.40 Å². The maximum atomic E-state index is 5.94. The number of hydrogen-bond acceptors (Lipinski definition) is 3. The molecule has 1 aromatic heterocycles. The summed E-state index contributed by atoms with van der Waals surface area (Å²) in [4.78, 5) is 0. The number of benzene rings is 1. The molecule has 0 unspecified atom stereocenters. The summed E-state index contributed by atoms with van der Waals surface area (Å²) in [6.45, 7) is 7.79. The molecule has 0 saturated carbocycles. The van der Waals surface area contributed by atoms with Crippen LogP contribution in [0.25, 0.3) is 5.19 Å². The zero-order valence-corrected chi connectivity index (χ0v) is 13.9. The maximum absolute atomic E-state index is 5.94. The van der Waals surface area contributed by atoms with Crippen molar-refractivity contribution in [1.29, 1.82) is 0 Å². The molecule has 4 heteroatoms. The summed E-state index contributed by atoms with van der Waals surface area (Å²) in [6, 6.07) is 12.5. The third kappa shape index (κ3) is 3.64. The second kappa shape index (κ2) is 7.83. The van der Waals surface area contributed by atoms with Crippen molar-refractivity contribution < 1.29 is 14.2 Å². The topological polar surface area (TPSA) is 27.7 Å². The lowest BCUT2D eigenvalue weighted by molar-refractivity contribution is 0.264. The van der Waals surface area contributed by atoms with Gasteiger partial charge < -0.3 is 14.2 Å². The fraction of sp³-hybridized carbons (Fsp3) is 0.353. The van der Waals surface area contributed by atoms with Gasteiger partial charge in [-0.3, -0.25) is 0 Å². The highest BCUT2D eigenvalue weighted by atomic mass is 28.2. The van der Waals surface area contributed by atoms with Crippen LogP contribution in [0.2, 0.25) is 0 Å². The van der Waals surface area contributed by atoms with Crippen LogP contribution in [-0.4, -0.2) is 28.2 Å². The molecule has 0 saturated heterocycles. The largest absolute Gasteiger partial charge is 0.495 e. The van der Waals surface area contributed by atoms with Crippen LogP contribution >= 0.6 is 0 Å². The Labute approximate surface area is 128 Å². The molecule has 0 aliphatic carbocycles. The number of rotatable bonds is 7. The van der Waals surface area contributed by atoms with Crippen LogP contribution in [0.1, 0.15) is 20.8 Å². The minimum absolute atomic E-state index is 0.597. The van der Waals surface area contributed by atoms with E-state index in [-0.39, 0.29) is 0 Å². The molecular formula is C17H22O3Si. The first-order chi connectivity index (χ1) is 10.3. The monoisotopic (exact) mass is 302 g/mol. The van der Waals surface area contributed by atoms with Crippen LogP contribution in [0.3, 0.4) is 0 Å². The highest BCUT2D eigenvalue weighted by Gasteiger charge is 2.18. The smallest absolute Gasteiger partial charge is 0.198 e. The lowest BCUT2D eigenvalue weighted by Gasteiger charge is -2.18. The molecule has 1 aromatic carbocycles. The second-order valence-corrected chi connectivity index (χ2v) is 6.63. The number of ether oxygens (including phenoxy) is 3. The van der Waals surface area contributed by atoms with Gasteiger partial charge in [-0.2, -0.15) is 0 Å². The molecule has 1 heterocycles. The summed E-state index contributed by atoms with van der Waals surface area (Å²) >= 11 is 0. The first kappa shape index (κ1) is 15.6. The minimum atomic E-state index is -1.10. The Hall–Kier alpha value is -1.81. The van der Waals surface area contributed by atoms with E-state index in [4.69, 9.17) is 14.2 Å². The van der Waals surface area contributed by atoms with Crippen molar-refractivity contribution in [3.05, 3.63) is 42.1 Å². The molecule has 2 aromatic rings. The van der Waals surface area contributed by atoms with E-state index in [2.05, 4.69) is 29.9 Å². The van der Waals surface area contributed by atoms with Crippen LogP contribution in [0.4, 0.5) is 0 Å². The van der Waals surface area contributed by atoms with Crippen molar-refractivity contribution >= 4 is 8.40 Å². The lowest BCUT2D eigenvalue weighted by Crippen LogP contribution is -2.09. The summed E-state index contributed by atoms with van der Waals surface area (Å²) in [5, 5.41) is 2.22. The van der Waals surface area contributed by atoms with Crippen LogP contribution in [0, 0.1) is 0 Å². The van der Waals surface area contributed by atoms with Gasteiger partial charge in [0.2, 0.25) is 0 Å². The van der Waals surface area contributed by atoms with E-state index in [9.17, 15) is 0 Å². The first-order valence-electron chi connectivity index (χ1n) is 7.42. The molecule has 0 fully saturated rings. The maximum Gasteiger partial charge on any atom is 0.198 e. The summed E-state index contributed by atoms with van der Waals surface area (Å²) in [5.74, 6) is 1.54. The third-order valence-electron chi connectivity index (χ3n) is 3.04. The molecule has 0 aliphatic rings. The highest BCUT2D eigenvalue weighted by Crippen LogP contribution is 2.38. The van der Waals surface area contributed by atoms with E-state index in [1.165, 1.54) is 5.19 Å². The van der Waals surface area contributed by atoms with Crippen LogP contribution in [0.15, 0.2) is 42.1 Å². The van der Waals surface area contributed by atoms with Gasteiger partial charge in [0.25, 0.3) is 0 Å². The minimum Gasteiger partial charge on any atom is -0.495 e. The summed E-state index contributed by atoms with van der Waals surface area (Å²) < 4.78 is 17.5. The van der Waals surface area contributed by atoms with Gasteiger partial charge in [0, 0.05) is 0 Å². The van der Waals surface area contributed by atoms with Crippen molar-refractivity contribution in [3.8, 4) is 22.0 Å². The standard InChI is InChI=1S/C17H22O3Si/c1-4-18-15-12-13-21(14-10-8-7-9-11-14)17(20-6-3)16(15)19-5-2/h7-13H,4-6H2,1-3H3. The highest BCUT2D eigenvalue weighted by molar-refractivity contribution is 6.68. The zero-order chi connectivity index (χ0) is 15.1. The summed E-state index contributed by atoms with van der Waals surface area (Å²) in [6.07, 6.45) is 0. The van der Waals surface area contributed by atoms with E-state index in [1.54, 1.807) is 0 Å². The molecule has 0 radical (unpaired) electrons. The Morgan fingerprint density at radius 2 is 1.48 bits per heavy atom. The van der Waals surface area contributed by atoms with E-state index in [0.29, 0.717) is 19.8 Å². The van der Waals surface area contributed by atoms with Gasteiger partial charge in [0.05, 0.1) is 19.8 Å². The van der Waals surface area contributed by atoms with Gasteiger partial charge in [0.15, 0.2) is 11.5 Å². The molecule has 0 N–H and O–H groups in total. The van der Waals surface area contributed by atoms with Crippen LogP contribution in [-0.2, 0) is 0 Å². The quantitative estimate of drug-likeness (QED) is 0.726. The second-order valence-electron chi connectivity index (χ2n) is 4.43. The van der Waals surface area contributed by atoms with Gasteiger partial charge >= 0.3 is 0 Å². The van der Waals surface area contributed by atoms with E-state index >= 15 is 0 Å². The molecule has 3 nitrogen and oxygen atoms in total. The van der Waals surface area contributed by atoms with Gasteiger partial charge in [-0.25, -0.2) is 0 Å². The van der Waals surface area contributed by atoms with Crippen molar-refractivity contribution in [2.45, 2.75) is 20.8 Å². The molecule has 0 amide bonds. The van der Waals surface area contributed by atoms with Crippen molar-refractivity contribution in [3.63, 3.8) is 0 Å². The van der Waals surface area contributed by atoms with Crippen molar-refractivity contribution in [2.24, 2.45) is 0 Å². The number of hydrogen-bond donors (Lipinski definition) is 0. The Morgan fingerprint density at radius 3 is 2.10 bits per heavy atom. The molecule has 21 heavy (non-hydrogen) atoms. The van der Waals surface area contributed by atoms with Crippen LogP contribution in [0.5, 0.6) is 16.9 Å². The normalized spacial score (nSPS) is 10.2. The predicted octanol–water partition coefficient (Wildman–Crippen LogP) is 3.90. The van der Waals surface area contributed by atoms with Crippen molar-refractivity contribution in [2.75, 3.05) is 19.8 Å². The Kier molecular flexibility index (Phi) is 5.81. The lowest BCUT2D eigenvalue weighted by atomic mass is 10.4. The fourth-order valence-electron chi connectivity index (χ4n) is 2.23. The Bertz CT molecular complexity index is 570. The van der Waals surface area contributed by atoms with Crippen LogP contribution < -0.4 is 14.2 Å². The zero-order valence-electron chi connectivity index (χ0n) is 12.9. The predicted molar refractivity (Wildman–Crippen MR) is 87.2 cm³/mol. The van der Waals surface area contributed by atoms with Crippen molar-refractivity contribution in [1.82, 2.24) is 0 Å². The first-order valence-corrected chi connectivity index (χ1v) is 9.00. The molecular weight excluding hydrogens is 280 g/mol. The van der Waals surface area contributed by atoms with E-state index in [1.807, 2.05) is 32.9 Å². The molecule has 0 aliphatic heterocycles. The summed E-state index contributed by atoms with van der Waals surface area (Å²) in [5.41, 5.74) is 2.21. The van der Waals surface area contributed by atoms with Gasteiger partial charge in [-0.1, -0.05) is 36.0 Å². The SMILES string of the molecule is CCOc1cc[si](-c2ccccc2)c(OCC)c1OCC. The average molecular weight is 302 g/mol. The third-order valence-corrected chi connectivity index (χ3v) is 5.35. The fourth-order valence-corrected chi connectivity index (χ4v) is 4.44. The van der Waals surface area contributed by atoms with Gasteiger partial charge in [-0.05, 0) is 32.0 Å². The average Bonchev–Trinajstić information content (AvgIpc) is 2.52. The Morgan fingerprint density at radius 1 is 0.810 bits per heavy atom. The van der Waals surface area contributed by atoms with E-state index in [0.717, 1.165) is 16.9 Å². The Balaban J connectivity index is 2.57. The molecule has 0 bridgehead atoms. The summed E-state index contributed by atoms with van der Waals surface area (Å²) in [7, 11) is -1.10.